The van der Waals surface area contributed by atoms with Crippen molar-refractivity contribution in [3.8, 4) is 0 Å². The van der Waals surface area contributed by atoms with E-state index >= 15 is 0 Å². The molecule has 2 nitrogen and oxygen atoms in total. The summed E-state index contributed by atoms with van der Waals surface area (Å²) in [7, 11) is 0. The second-order valence-corrected chi connectivity index (χ2v) is 4.17. The lowest BCUT2D eigenvalue weighted by Gasteiger charge is -2.02. The van der Waals surface area contributed by atoms with E-state index in [0.717, 1.165) is 17.8 Å². The Hall–Kier alpha value is -1.62. The average Bonchev–Trinajstić information content (AvgIpc) is 2.22. The van der Waals surface area contributed by atoms with Crippen molar-refractivity contribution in [3.63, 3.8) is 0 Å². The Morgan fingerprint density at radius 1 is 1.12 bits per heavy atom. The van der Waals surface area contributed by atoms with E-state index in [-0.39, 0.29) is 0 Å². The van der Waals surface area contributed by atoms with E-state index in [1.165, 1.54) is 12.1 Å². The number of hydrogen-bond acceptors (Lipinski definition) is 3. The number of aromatic nitrogens is 1. The second-order valence-electron chi connectivity index (χ2n) is 3.10. The number of nitrogens with zero attached hydrogens (tertiary/aromatic N) is 1. The molecule has 0 radical (unpaired) electrons. The van der Waals surface area contributed by atoms with Crippen LogP contribution in [0, 0.1) is 11.6 Å². The van der Waals surface area contributed by atoms with Gasteiger partial charge in [0.2, 0.25) is 0 Å². The molecule has 0 bridgehead atoms. The molecule has 0 aliphatic carbocycles. The van der Waals surface area contributed by atoms with E-state index in [1.54, 1.807) is 18.3 Å². The largest absolute Gasteiger partial charge is 0.399 e. The zero-order valence-corrected chi connectivity index (χ0v) is 8.97. The van der Waals surface area contributed by atoms with E-state index in [4.69, 9.17) is 5.73 Å². The number of nitrogens with two attached hydrogens (primary N) is 1. The lowest BCUT2D eigenvalue weighted by atomic mass is 10.3. The Morgan fingerprint density at radius 3 is 2.62 bits per heavy atom. The van der Waals surface area contributed by atoms with Crippen LogP contribution in [0.4, 0.5) is 14.5 Å². The van der Waals surface area contributed by atoms with Gasteiger partial charge in [-0.15, -0.1) is 0 Å². The number of anilines is 1. The monoisotopic (exact) mass is 238 g/mol. The van der Waals surface area contributed by atoms with E-state index in [2.05, 4.69) is 4.98 Å². The van der Waals surface area contributed by atoms with Crippen LogP contribution in [0.25, 0.3) is 0 Å². The molecule has 2 N–H and O–H groups in total. The first-order chi connectivity index (χ1) is 7.65. The molecule has 2 rings (SSSR count). The predicted molar refractivity (Wildman–Crippen MR) is 59.1 cm³/mol. The van der Waals surface area contributed by atoms with Crippen LogP contribution in [0.1, 0.15) is 0 Å². The van der Waals surface area contributed by atoms with Crippen LogP contribution in [0.5, 0.6) is 0 Å². The van der Waals surface area contributed by atoms with Crippen LogP contribution >= 0.6 is 11.8 Å². The molecular formula is C11H8F2N2S. The Kier molecular flexibility index (Phi) is 3.05. The number of hydrogen-bond donors (Lipinski definition) is 1. The van der Waals surface area contributed by atoms with Crippen molar-refractivity contribution in [2.24, 2.45) is 0 Å². The summed E-state index contributed by atoms with van der Waals surface area (Å²) in [5.74, 6) is -1.20. The number of rotatable bonds is 2. The van der Waals surface area contributed by atoms with Gasteiger partial charge in [-0.3, -0.25) is 0 Å². The van der Waals surface area contributed by atoms with Crippen molar-refractivity contribution in [1.29, 1.82) is 0 Å². The molecule has 0 aliphatic rings. The Balaban J connectivity index is 2.27. The molecule has 0 aliphatic heterocycles. The zero-order chi connectivity index (χ0) is 11.5. The average molecular weight is 238 g/mol. The van der Waals surface area contributed by atoms with Gasteiger partial charge in [0.25, 0.3) is 0 Å². The molecule has 82 valence electrons. The summed E-state index contributed by atoms with van der Waals surface area (Å²) in [6, 6.07) is 6.70. The zero-order valence-electron chi connectivity index (χ0n) is 8.15. The van der Waals surface area contributed by atoms with Crippen molar-refractivity contribution < 1.29 is 8.78 Å². The lowest BCUT2D eigenvalue weighted by Crippen LogP contribution is -1.88. The van der Waals surface area contributed by atoms with E-state index < -0.39 is 11.6 Å². The van der Waals surface area contributed by atoms with Gasteiger partial charge in [-0.25, -0.2) is 13.8 Å². The summed E-state index contributed by atoms with van der Waals surface area (Å²) in [6.07, 6.45) is 1.54. The van der Waals surface area contributed by atoms with Crippen molar-refractivity contribution >= 4 is 17.4 Å². The molecule has 16 heavy (non-hydrogen) atoms. The van der Waals surface area contributed by atoms with Gasteiger partial charge in [0.05, 0.1) is 0 Å². The van der Waals surface area contributed by atoms with Gasteiger partial charge in [-0.05, 0) is 24.3 Å². The van der Waals surface area contributed by atoms with Crippen LogP contribution in [0.3, 0.4) is 0 Å². The Morgan fingerprint density at radius 2 is 1.94 bits per heavy atom. The number of pyridine rings is 1. The molecule has 0 unspecified atom stereocenters. The maximum Gasteiger partial charge on any atom is 0.140 e. The second kappa shape index (κ2) is 4.49. The standard InChI is InChI=1S/C11H8F2N2S/c12-7-1-2-10(9(13)5-7)16-11-6-8(14)3-4-15-11/h1-6H,(H2,14,15). The maximum atomic E-state index is 13.3. The SMILES string of the molecule is Nc1ccnc(Sc2ccc(F)cc2F)c1. The fourth-order valence-electron chi connectivity index (χ4n) is 1.15. The molecule has 0 saturated carbocycles. The highest BCUT2D eigenvalue weighted by Crippen LogP contribution is 2.29. The van der Waals surface area contributed by atoms with Crippen LogP contribution in [0.2, 0.25) is 0 Å². The molecule has 0 amide bonds. The Labute approximate surface area is 95.5 Å². The predicted octanol–water partition coefficient (Wildman–Crippen LogP) is 3.09. The fourth-order valence-corrected chi connectivity index (χ4v) is 1.98. The summed E-state index contributed by atoms with van der Waals surface area (Å²) in [4.78, 5) is 4.34. The quantitative estimate of drug-likeness (QED) is 0.873. The molecule has 2 aromatic rings. The van der Waals surface area contributed by atoms with Crippen molar-refractivity contribution in [3.05, 3.63) is 48.2 Å². The molecule has 0 spiro atoms. The van der Waals surface area contributed by atoms with Gasteiger partial charge in [-0.2, -0.15) is 0 Å². The molecule has 0 saturated heterocycles. The highest BCUT2D eigenvalue weighted by molar-refractivity contribution is 7.99. The highest BCUT2D eigenvalue weighted by Gasteiger charge is 2.06. The summed E-state index contributed by atoms with van der Waals surface area (Å²) < 4.78 is 26.0. The van der Waals surface area contributed by atoms with E-state index in [0.29, 0.717) is 15.6 Å². The van der Waals surface area contributed by atoms with Gasteiger partial charge < -0.3 is 5.73 Å². The van der Waals surface area contributed by atoms with Crippen molar-refractivity contribution in [2.75, 3.05) is 5.73 Å². The molecular weight excluding hydrogens is 230 g/mol. The van der Waals surface area contributed by atoms with Crippen LogP contribution < -0.4 is 5.73 Å². The third-order valence-electron chi connectivity index (χ3n) is 1.87. The molecule has 1 aromatic heterocycles. The van der Waals surface area contributed by atoms with E-state index in [1.807, 2.05) is 0 Å². The normalized spacial score (nSPS) is 10.4. The van der Waals surface area contributed by atoms with Gasteiger partial charge in [0.1, 0.15) is 16.7 Å². The van der Waals surface area contributed by atoms with Crippen molar-refractivity contribution in [1.82, 2.24) is 4.98 Å². The number of halogens is 2. The molecule has 0 fully saturated rings. The molecule has 1 aromatic carbocycles. The Bertz CT molecular complexity index is 517. The minimum atomic E-state index is -0.603. The van der Waals surface area contributed by atoms with Gasteiger partial charge in [0, 0.05) is 22.8 Å². The van der Waals surface area contributed by atoms with Gasteiger partial charge in [0.15, 0.2) is 0 Å². The smallest absolute Gasteiger partial charge is 0.140 e. The van der Waals surface area contributed by atoms with Crippen molar-refractivity contribution in [2.45, 2.75) is 9.92 Å². The minimum Gasteiger partial charge on any atom is -0.399 e. The lowest BCUT2D eigenvalue weighted by molar-refractivity contribution is 0.565. The van der Waals surface area contributed by atoms with Crippen LogP contribution in [0.15, 0.2) is 46.5 Å². The summed E-state index contributed by atoms with van der Waals surface area (Å²) in [5.41, 5.74) is 6.12. The van der Waals surface area contributed by atoms with Gasteiger partial charge >= 0.3 is 0 Å². The first-order valence-corrected chi connectivity index (χ1v) is 5.31. The number of nitrogen functional groups attached to an aromatic ring is 1. The van der Waals surface area contributed by atoms with Crippen LogP contribution in [-0.4, -0.2) is 4.98 Å². The van der Waals surface area contributed by atoms with E-state index in [9.17, 15) is 8.78 Å². The molecule has 5 heteroatoms. The summed E-state index contributed by atoms with van der Waals surface area (Å²) in [5, 5.41) is 0.575. The highest BCUT2D eigenvalue weighted by atomic mass is 32.2. The first-order valence-electron chi connectivity index (χ1n) is 4.49. The number of benzene rings is 1. The maximum absolute atomic E-state index is 13.3. The topological polar surface area (TPSA) is 38.9 Å². The van der Waals surface area contributed by atoms with Gasteiger partial charge in [-0.1, -0.05) is 11.8 Å². The third kappa shape index (κ3) is 2.49. The summed E-state index contributed by atoms with van der Waals surface area (Å²) in [6.45, 7) is 0. The fraction of sp³-hybridized carbons (Fsp3) is 0. The summed E-state index contributed by atoms with van der Waals surface area (Å²) >= 11 is 1.10. The first kappa shape index (κ1) is 10.9. The third-order valence-corrected chi connectivity index (χ3v) is 2.85. The minimum absolute atomic E-state index is 0.319. The molecule has 1 heterocycles. The molecule has 0 atom stereocenters. The van der Waals surface area contributed by atoms with Crippen LogP contribution in [-0.2, 0) is 0 Å².